The monoisotopic (exact) mass is 216 g/mol. The Morgan fingerprint density at radius 2 is 2.19 bits per heavy atom. The molecule has 0 spiro atoms. The first-order valence-corrected chi connectivity index (χ1v) is 4.96. The third kappa shape index (κ3) is 1.69. The molecular formula is C12H12N2O2. The summed E-state index contributed by atoms with van der Waals surface area (Å²) in [5, 5.41) is 11.4. The van der Waals surface area contributed by atoms with Gasteiger partial charge in [0.05, 0.1) is 10.4 Å². The standard InChI is InChI=1S/C12H12N2O2/c1-9-8-11-5-3-4-10(6-7-14(15)16)12(11)13(9)2/h3-8H,1-2H3. The van der Waals surface area contributed by atoms with E-state index in [0.717, 1.165) is 28.4 Å². The molecule has 0 bridgehead atoms. The van der Waals surface area contributed by atoms with Crippen LogP contribution < -0.4 is 0 Å². The normalized spacial score (nSPS) is 11.4. The van der Waals surface area contributed by atoms with Gasteiger partial charge in [0.15, 0.2) is 0 Å². The van der Waals surface area contributed by atoms with E-state index in [1.54, 1.807) is 0 Å². The largest absolute Gasteiger partial charge is 0.347 e. The van der Waals surface area contributed by atoms with Gasteiger partial charge in [0.25, 0.3) is 0 Å². The lowest BCUT2D eigenvalue weighted by atomic mass is 10.1. The van der Waals surface area contributed by atoms with Crippen LogP contribution in [0, 0.1) is 17.0 Å². The second kappa shape index (κ2) is 3.81. The molecule has 0 saturated carbocycles. The number of benzene rings is 1. The highest BCUT2D eigenvalue weighted by atomic mass is 16.6. The number of nitrogens with zero attached hydrogens (tertiary/aromatic N) is 2. The summed E-state index contributed by atoms with van der Waals surface area (Å²) >= 11 is 0. The topological polar surface area (TPSA) is 48.1 Å². The van der Waals surface area contributed by atoms with Crippen molar-refractivity contribution in [3.63, 3.8) is 0 Å². The summed E-state index contributed by atoms with van der Waals surface area (Å²) in [5.74, 6) is 0. The highest BCUT2D eigenvalue weighted by Crippen LogP contribution is 2.23. The van der Waals surface area contributed by atoms with Crippen molar-refractivity contribution >= 4 is 17.0 Å². The molecule has 16 heavy (non-hydrogen) atoms. The number of hydrogen-bond donors (Lipinski definition) is 0. The average molecular weight is 216 g/mol. The SMILES string of the molecule is Cc1cc2cccc(C=C[N+](=O)[O-])c2n1C. The number of hydrogen-bond acceptors (Lipinski definition) is 2. The quantitative estimate of drug-likeness (QED) is 0.572. The van der Waals surface area contributed by atoms with Crippen molar-refractivity contribution in [3.8, 4) is 0 Å². The van der Waals surface area contributed by atoms with Gasteiger partial charge < -0.3 is 4.57 Å². The second-order valence-corrected chi connectivity index (χ2v) is 3.73. The summed E-state index contributed by atoms with van der Waals surface area (Å²) in [6.07, 6.45) is 2.50. The third-order valence-electron chi connectivity index (χ3n) is 2.70. The number of para-hydroxylation sites is 1. The van der Waals surface area contributed by atoms with E-state index in [1.807, 2.05) is 36.7 Å². The van der Waals surface area contributed by atoms with Crippen LogP contribution in [0.15, 0.2) is 30.5 Å². The summed E-state index contributed by atoms with van der Waals surface area (Å²) in [7, 11) is 1.96. The van der Waals surface area contributed by atoms with E-state index >= 15 is 0 Å². The Balaban J connectivity index is 2.65. The molecule has 0 fully saturated rings. The van der Waals surface area contributed by atoms with E-state index in [9.17, 15) is 10.1 Å². The molecule has 0 saturated heterocycles. The maximum atomic E-state index is 10.3. The fourth-order valence-corrected chi connectivity index (χ4v) is 1.86. The van der Waals surface area contributed by atoms with E-state index in [1.165, 1.54) is 6.08 Å². The lowest BCUT2D eigenvalue weighted by Crippen LogP contribution is -1.92. The average Bonchev–Trinajstić information content (AvgIpc) is 2.52. The zero-order valence-corrected chi connectivity index (χ0v) is 9.18. The van der Waals surface area contributed by atoms with Crippen molar-refractivity contribution in [3.05, 3.63) is 51.8 Å². The van der Waals surface area contributed by atoms with Crippen LogP contribution in [0.25, 0.3) is 17.0 Å². The fourth-order valence-electron chi connectivity index (χ4n) is 1.86. The molecule has 0 unspecified atom stereocenters. The van der Waals surface area contributed by atoms with Crippen LogP contribution >= 0.6 is 0 Å². The van der Waals surface area contributed by atoms with Gasteiger partial charge in [-0.3, -0.25) is 10.1 Å². The third-order valence-corrected chi connectivity index (χ3v) is 2.70. The van der Waals surface area contributed by atoms with Crippen LogP contribution in [0.2, 0.25) is 0 Å². The van der Waals surface area contributed by atoms with E-state index in [-0.39, 0.29) is 0 Å². The molecular weight excluding hydrogens is 204 g/mol. The van der Waals surface area contributed by atoms with E-state index in [0.29, 0.717) is 0 Å². The van der Waals surface area contributed by atoms with Crippen molar-refractivity contribution in [2.75, 3.05) is 0 Å². The Labute approximate surface area is 93.0 Å². The number of aryl methyl sites for hydroxylation is 2. The number of fused-ring (bicyclic) bond motifs is 1. The summed E-state index contributed by atoms with van der Waals surface area (Å²) < 4.78 is 2.04. The molecule has 0 N–H and O–H groups in total. The molecule has 0 radical (unpaired) electrons. The van der Waals surface area contributed by atoms with E-state index in [4.69, 9.17) is 0 Å². The minimum atomic E-state index is -0.450. The zero-order valence-electron chi connectivity index (χ0n) is 9.18. The molecule has 1 heterocycles. The molecule has 1 aromatic carbocycles. The van der Waals surface area contributed by atoms with Gasteiger partial charge in [-0.05, 0) is 13.0 Å². The minimum Gasteiger partial charge on any atom is -0.347 e. The van der Waals surface area contributed by atoms with Crippen molar-refractivity contribution in [2.24, 2.45) is 7.05 Å². The smallest absolute Gasteiger partial charge is 0.235 e. The second-order valence-electron chi connectivity index (χ2n) is 3.73. The van der Waals surface area contributed by atoms with Gasteiger partial charge in [-0.2, -0.15) is 0 Å². The van der Waals surface area contributed by atoms with E-state index in [2.05, 4.69) is 6.07 Å². The van der Waals surface area contributed by atoms with Gasteiger partial charge in [-0.25, -0.2) is 0 Å². The minimum absolute atomic E-state index is 0.450. The van der Waals surface area contributed by atoms with Crippen molar-refractivity contribution in [1.29, 1.82) is 0 Å². The molecule has 0 amide bonds. The van der Waals surface area contributed by atoms with Crippen LogP contribution in [0.4, 0.5) is 0 Å². The van der Waals surface area contributed by atoms with Crippen LogP contribution in [-0.4, -0.2) is 9.49 Å². The first-order valence-electron chi connectivity index (χ1n) is 4.96. The Morgan fingerprint density at radius 1 is 1.44 bits per heavy atom. The van der Waals surface area contributed by atoms with Crippen LogP contribution in [0.3, 0.4) is 0 Å². The van der Waals surface area contributed by atoms with E-state index < -0.39 is 4.92 Å². The highest BCUT2D eigenvalue weighted by Gasteiger charge is 2.05. The summed E-state index contributed by atoms with van der Waals surface area (Å²) in [4.78, 5) is 9.86. The maximum Gasteiger partial charge on any atom is 0.235 e. The molecule has 0 atom stereocenters. The molecule has 82 valence electrons. The molecule has 4 nitrogen and oxygen atoms in total. The first-order chi connectivity index (χ1) is 7.59. The predicted octanol–water partition coefficient (Wildman–Crippen LogP) is 2.73. The van der Waals surface area contributed by atoms with Crippen LogP contribution in [-0.2, 0) is 7.05 Å². The predicted molar refractivity (Wildman–Crippen MR) is 63.7 cm³/mol. The summed E-state index contributed by atoms with van der Waals surface area (Å²) in [6.45, 7) is 2.01. The van der Waals surface area contributed by atoms with Gasteiger partial charge in [0.1, 0.15) is 0 Å². The van der Waals surface area contributed by atoms with Gasteiger partial charge >= 0.3 is 0 Å². The van der Waals surface area contributed by atoms with Crippen LogP contribution in [0.5, 0.6) is 0 Å². The lowest BCUT2D eigenvalue weighted by molar-refractivity contribution is -0.400. The zero-order chi connectivity index (χ0) is 11.7. The van der Waals surface area contributed by atoms with Crippen molar-refractivity contribution in [1.82, 2.24) is 4.57 Å². The Kier molecular flexibility index (Phi) is 2.48. The molecule has 0 aliphatic rings. The Bertz CT molecular complexity index is 582. The summed E-state index contributed by atoms with van der Waals surface area (Å²) in [6, 6.07) is 7.85. The van der Waals surface area contributed by atoms with Gasteiger partial charge in [-0.1, -0.05) is 18.2 Å². The van der Waals surface area contributed by atoms with Crippen molar-refractivity contribution < 1.29 is 4.92 Å². The molecule has 0 aliphatic carbocycles. The Morgan fingerprint density at radius 3 is 2.88 bits per heavy atom. The van der Waals surface area contributed by atoms with Gasteiger partial charge in [0.2, 0.25) is 6.20 Å². The van der Waals surface area contributed by atoms with Gasteiger partial charge in [-0.15, -0.1) is 0 Å². The molecule has 2 rings (SSSR count). The van der Waals surface area contributed by atoms with Crippen molar-refractivity contribution in [2.45, 2.75) is 6.92 Å². The number of nitro groups is 1. The molecule has 1 aromatic heterocycles. The molecule has 4 heteroatoms. The lowest BCUT2D eigenvalue weighted by Gasteiger charge is -2.02. The number of rotatable bonds is 2. The summed E-state index contributed by atoms with van der Waals surface area (Å²) in [5.41, 5.74) is 3.03. The first kappa shape index (κ1) is 10.4. The molecule has 0 aliphatic heterocycles. The maximum absolute atomic E-state index is 10.3. The highest BCUT2D eigenvalue weighted by molar-refractivity contribution is 5.89. The van der Waals surface area contributed by atoms with Gasteiger partial charge in [0, 0.05) is 29.8 Å². The molecule has 2 aromatic rings. The van der Waals surface area contributed by atoms with Crippen LogP contribution in [0.1, 0.15) is 11.3 Å². The number of aromatic nitrogens is 1. The Hall–Kier alpha value is -2.10. The fraction of sp³-hybridized carbons (Fsp3) is 0.167.